The van der Waals surface area contributed by atoms with Crippen LogP contribution in [0.2, 0.25) is 0 Å². The van der Waals surface area contributed by atoms with Crippen LogP contribution in [0.4, 0.5) is 0 Å². The SMILES string of the molecule is O=C(O)c1ccccc1O.O=C(O)c1ccccc1O.O=C(O)c1ccccc1O.O=C(O)c1ccccc1O.[Pt]. The Morgan fingerprint density at radius 2 is 0.488 bits per heavy atom. The standard InChI is InChI=1S/4C7H6O3.Pt/c4*8-6-4-2-1-3-5(6)7(9)10;/h4*1-4,8H,(H,9,10);. The quantitative estimate of drug-likeness (QED) is 0.146. The predicted octanol–water partition coefficient (Wildman–Crippen LogP) is 4.36. The summed E-state index contributed by atoms with van der Waals surface area (Å²) in [4.78, 5) is 41.0. The molecule has 0 fully saturated rings. The molecule has 0 atom stereocenters. The number of para-hydroxylation sites is 4. The molecule has 41 heavy (non-hydrogen) atoms. The Labute approximate surface area is 246 Å². The summed E-state index contributed by atoms with van der Waals surface area (Å²) in [5.74, 6) is -5.25. The zero-order chi connectivity index (χ0) is 30.2. The van der Waals surface area contributed by atoms with Crippen LogP contribution in [0.3, 0.4) is 0 Å². The molecule has 0 aromatic heterocycles. The van der Waals surface area contributed by atoms with Crippen LogP contribution >= 0.6 is 0 Å². The average molecular weight is 748 g/mol. The first-order valence-corrected chi connectivity index (χ1v) is 10.9. The first-order valence-electron chi connectivity index (χ1n) is 10.9. The van der Waals surface area contributed by atoms with Crippen molar-refractivity contribution in [3.05, 3.63) is 119 Å². The van der Waals surface area contributed by atoms with Crippen LogP contribution < -0.4 is 0 Å². The second kappa shape index (κ2) is 18.0. The molecule has 0 unspecified atom stereocenters. The summed E-state index contributed by atoms with van der Waals surface area (Å²) in [5.41, 5.74) is -0.269. The van der Waals surface area contributed by atoms with Crippen molar-refractivity contribution in [2.45, 2.75) is 0 Å². The second-order valence-electron chi connectivity index (χ2n) is 7.29. The van der Waals surface area contributed by atoms with Gasteiger partial charge in [0.05, 0.1) is 0 Å². The zero-order valence-corrected chi connectivity index (χ0v) is 23.0. The number of carboxylic acids is 4. The molecule has 0 radical (unpaired) electrons. The third kappa shape index (κ3) is 12.4. The van der Waals surface area contributed by atoms with Crippen LogP contribution in [0, 0.1) is 0 Å². The first kappa shape index (κ1) is 35.6. The molecule has 0 aliphatic carbocycles. The van der Waals surface area contributed by atoms with E-state index in [2.05, 4.69) is 0 Å². The Morgan fingerprint density at radius 1 is 0.341 bits per heavy atom. The first-order chi connectivity index (χ1) is 18.9. The molecule has 0 saturated carbocycles. The molecular formula is C28H24O12Pt. The van der Waals surface area contributed by atoms with Gasteiger partial charge in [0, 0.05) is 21.1 Å². The Bertz CT molecular complexity index is 1250. The number of aromatic hydroxyl groups is 4. The van der Waals surface area contributed by atoms with Gasteiger partial charge in [-0.3, -0.25) is 0 Å². The molecule has 13 heteroatoms. The van der Waals surface area contributed by atoms with Crippen molar-refractivity contribution in [1.82, 2.24) is 0 Å². The molecule has 4 aromatic rings. The summed E-state index contributed by atoms with van der Waals surface area (Å²) in [6, 6.07) is 23.2. The van der Waals surface area contributed by atoms with E-state index >= 15 is 0 Å². The largest absolute Gasteiger partial charge is 0.507 e. The van der Waals surface area contributed by atoms with E-state index in [-0.39, 0.29) is 66.3 Å². The smallest absolute Gasteiger partial charge is 0.339 e. The summed E-state index contributed by atoms with van der Waals surface area (Å²) >= 11 is 0. The maximum absolute atomic E-state index is 10.3. The number of rotatable bonds is 4. The summed E-state index contributed by atoms with van der Waals surface area (Å²) < 4.78 is 0. The maximum Gasteiger partial charge on any atom is 0.339 e. The summed E-state index contributed by atoms with van der Waals surface area (Å²) in [7, 11) is 0. The zero-order valence-electron chi connectivity index (χ0n) is 20.8. The van der Waals surface area contributed by atoms with Gasteiger partial charge in [-0.05, 0) is 48.5 Å². The topological polar surface area (TPSA) is 230 Å². The molecular weight excluding hydrogens is 723 g/mol. The number of aromatic carboxylic acids is 4. The van der Waals surface area contributed by atoms with Gasteiger partial charge in [0.15, 0.2) is 0 Å². The van der Waals surface area contributed by atoms with E-state index in [4.69, 9.17) is 40.9 Å². The molecule has 0 heterocycles. The summed E-state index contributed by atoms with van der Waals surface area (Å²) in [6.45, 7) is 0. The Morgan fingerprint density at radius 3 is 0.585 bits per heavy atom. The number of carboxylic acid groups (broad SMARTS) is 4. The van der Waals surface area contributed by atoms with E-state index < -0.39 is 23.9 Å². The van der Waals surface area contributed by atoms with Gasteiger partial charge in [-0.15, -0.1) is 0 Å². The van der Waals surface area contributed by atoms with Crippen LogP contribution in [0.5, 0.6) is 23.0 Å². The van der Waals surface area contributed by atoms with Crippen molar-refractivity contribution < 1.29 is 81.1 Å². The van der Waals surface area contributed by atoms with Gasteiger partial charge < -0.3 is 40.9 Å². The van der Waals surface area contributed by atoms with Crippen LogP contribution in [-0.2, 0) is 21.1 Å². The molecule has 12 nitrogen and oxygen atoms in total. The molecule has 218 valence electrons. The van der Waals surface area contributed by atoms with Crippen LogP contribution in [0.15, 0.2) is 97.1 Å². The van der Waals surface area contributed by atoms with E-state index in [9.17, 15) is 19.2 Å². The van der Waals surface area contributed by atoms with Gasteiger partial charge in [-0.1, -0.05) is 48.5 Å². The minimum Gasteiger partial charge on any atom is -0.507 e. The Kier molecular flexibility index (Phi) is 15.7. The van der Waals surface area contributed by atoms with Crippen molar-refractivity contribution in [3.63, 3.8) is 0 Å². The number of hydrogen-bond donors (Lipinski definition) is 8. The van der Waals surface area contributed by atoms with Gasteiger partial charge >= 0.3 is 23.9 Å². The molecule has 0 saturated heterocycles. The second-order valence-corrected chi connectivity index (χ2v) is 7.29. The van der Waals surface area contributed by atoms with Crippen molar-refractivity contribution in [2.24, 2.45) is 0 Å². The van der Waals surface area contributed by atoms with Crippen LogP contribution in [-0.4, -0.2) is 64.7 Å². The van der Waals surface area contributed by atoms with E-state index in [0.717, 1.165) is 0 Å². The molecule has 8 N–H and O–H groups in total. The number of phenols is 4. The van der Waals surface area contributed by atoms with E-state index in [0.29, 0.717) is 0 Å². The van der Waals surface area contributed by atoms with E-state index in [1.165, 1.54) is 48.5 Å². The Hall–Kier alpha value is -5.35. The van der Waals surface area contributed by atoms with Gasteiger partial charge in [-0.2, -0.15) is 0 Å². The van der Waals surface area contributed by atoms with Gasteiger partial charge in [0.25, 0.3) is 0 Å². The Balaban J connectivity index is 0.000000516. The van der Waals surface area contributed by atoms with Gasteiger partial charge in [0.1, 0.15) is 45.3 Å². The number of benzene rings is 4. The number of carbonyl (C=O) groups is 4. The fraction of sp³-hybridized carbons (Fsp3) is 0. The molecule has 0 bridgehead atoms. The van der Waals surface area contributed by atoms with E-state index in [1.807, 2.05) is 0 Å². The minimum absolute atomic E-state index is 0. The van der Waals surface area contributed by atoms with Crippen LogP contribution in [0.1, 0.15) is 41.4 Å². The van der Waals surface area contributed by atoms with Gasteiger partial charge in [-0.25, -0.2) is 19.2 Å². The molecule has 4 rings (SSSR count). The van der Waals surface area contributed by atoms with Crippen LogP contribution in [0.25, 0.3) is 0 Å². The summed E-state index contributed by atoms with van der Waals surface area (Å²) in [5, 5.41) is 69.2. The maximum atomic E-state index is 10.3. The third-order valence-corrected chi connectivity index (χ3v) is 4.54. The molecule has 0 spiro atoms. The normalized spacial score (nSPS) is 8.98. The fourth-order valence-electron chi connectivity index (χ4n) is 2.62. The fourth-order valence-corrected chi connectivity index (χ4v) is 2.62. The predicted molar refractivity (Wildman–Crippen MR) is 140 cm³/mol. The third-order valence-electron chi connectivity index (χ3n) is 4.54. The molecule has 0 amide bonds. The monoisotopic (exact) mass is 747 g/mol. The van der Waals surface area contributed by atoms with E-state index in [1.54, 1.807) is 48.5 Å². The van der Waals surface area contributed by atoms with Crippen molar-refractivity contribution >= 4 is 23.9 Å². The molecule has 0 aliphatic heterocycles. The molecule has 4 aromatic carbocycles. The summed E-state index contributed by atoms with van der Waals surface area (Å²) in [6.07, 6.45) is 0. The van der Waals surface area contributed by atoms with Crippen molar-refractivity contribution in [3.8, 4) is 23.0 Å². The molecule has 0 aliphatic rings. The van der Waals surface area contributed by atoms with Crippen molar-refractivity contribution in [1.29, 1.82) is 0 Å². The number of hydrogen-bond acceptors (Lipinski definition) is 8. The van der Waals surface area contributed by atoms with Crippen molar-refractivity contribution in [2.75, 3.05) is 0 Å². The minimum atomic E-state index is -1.11. The van der Waals surface area contributed by atoms with Gasteiger partial charge in [0.2, 0.25) is 0 Å². The average Bonchev–Trinajstić information content (AvgIpc) is 2.90.